The number of aromatic nitrogens is 2. The van der Waals surface area contributed by atoms with Crippen molar-refractivity contribution in [3.63, 3.8) is 0 Å². The number of methoxy groups -OCH3 is 1. The van der Waals surface area contributed by atoms with E-state index >= 15 is 0 Å². The molecule has 1 aromatic carbocycles. The Kier molecular flexibility index (Phi) is 4.13. The summed E-state index contributed by atoms with van der Waals surface area (Å²) in [6.45, 7) is 1.91. The van der Waals surface area contributed by atoms with Crippen molar-refractivity contribution in [1.29, 1.82) is 0 Å². The van der Waals surface area contributed by atoms with Crippen molar-refractivity contribution in [3.05, 3.63) is 52.8 Å². The van der Waals surface area contributed by atoms with Gasteiger partial charge < -0.3 is 20.4 Å². The molecule has 138 valence electrons. The maximum absolute atomic E-state index is 13.1. The number of carbonyl (C=O) groups excluding carboxylic acids is 2. The number of hydrogen-bond donors (Lipinski definition) is 3. The van der Waals surface area contributed by atoms with Crippen LogP contribution in [0.4, 0.5) is 11.4 Å². The van der Waals surface area contributed by atoms with Crippen LogP contribution in [-0.2, 0) is 9.53 Å². The molecule has 0 aliphatic carbocycles. The Hall–Kier alpha value is -2.90. The third-order valence-electron chi connectivity index (χ3n) is 4.65. The molecule has 1 aliphatic heterocycles. The van der Waals surface area contributed by atoms with Crippen molar-refractivity contribution in [1.82, 2.24) is 9.97 Å². The fourth-order valence-corrected chi connectivity index (χ4v) is 3.49. The van der Waals surface area contributed by atoms with Crippen LogP contribution in [0.25, 0.3) is 11.0 Å². The summed E-state index contributed by atoms with van der Waals surface area (Å²) in [5.41, 5.74) is 1.51. The third kappa shape index (κ3) is 2.75. The predicted octanol–water partition coefficient (Wildman–Crippen LogP) is 3.22. The molecular weight excluding hydrogens is 368 g/mol. The van der Waals surface area contributed by atoms with Gasteiger partial charge in [-0.05, 0) is 19.1 Å². The van der Waals surface area contributed by atoms with Crippen LogP contribution in [-0.4, -0.2) is 40.9 Å². The monoisotopic (exact) mass is 384 g/mol. The second-order valence-electron chi connectivity index (χ2n) is 6.63. The van der Waals surface area contributed by atoms with E-state index in [1.807, 2.05) is 0 Å². The molecule has 2 aromatic heterocycles. The minimum atomic E-state index is -0.974. The highest BCUT2D eigenvalue weighted by Gasteiger charge is 2.39. The number of pyridine rings is 1. The highest BCUT2D eigenvalue weighted by Crippen LogP contribution is 2.38. The number of amides is 1. The summed E-state index contributed by atoms with van der Waals surface area (Å²) in [6.07, 6.45) is 3.16. The number of rotatable bonds is 4. The van der Waals surface area contributed by atoms with Crippen LogP contribution in [0, 0.1) is 0 Å². The molecule has 1 aliphatic rings. The number of nitrogens with one attached hydrogen (secondary N) is 3. The molecule has 3 heterocycles. The van der Waals surface area contributed by atoms with E-state index in [4.69, 9.17) is 16.3 Å². The smallest absolute Gasteiger partial charge is 0.252 e. The van der Waals surface area contributed by atoms with E-state index in [2.05, 4.69) is 20.6 Å². The van der Waals surface area contributed by atoms with E-state index in [-0.39, 0.29) is 18.3 Å². The summed E-state index contributed by atoms with van der Waals surface area (Å²) < 4.78 is 5.19. The number of hydrogen-bond acceptors (Lipinski definition) is 5. The van der Waals surface area contributed by atoms with Gasteiger partial charge in [0, 0.05) is 18.9 Å². The first-order valence-electron chi connectivity index (χ1n) is 8.32. The lowest BCUT2D eigenvalue weighted by Crippen LogP contribution is -2.53. The molecule has 0 bridgehead atoms. The number of benzene rings is 1. The topological polar surface area (TPSA) is 96.1 Å². The Labute approximate surface area is 160 Å². The van der Waals surface area contributed by atoms with E-state index in [0.29, 0.717) is 38.6 Å². The molecule has 0 saturated carbocycles. The van der Waals surface area contributed by atoms with Gasteiger partial charge in [-0.15, -0.1) is 0 Å². The Bertz CT molecular complexity index is 1080. The average Bonchev–Trinajstić information content (AvgIpc) is 3.07. The number of anilines is 2. The van der Waals surface area contributed by atoms with Gasteiger partial charge in [-0.25, -0.2) is 4.98 Å². The van der Waals surface area contributed by atoms with E-state index in [0.717, 1.165) is 0 Å². The van der Waals surface area contributed by atoms with Crippen molar-refractivity contribution >= 4 is 45.7 Å². The summed E-state index contributed by atoms with van der Waals surface area (Å²) in [7, 11) is 1.53. The first-order chi connectivity index (χ1) is 12.9. The Morgan fingerprint density at radius 1 is 1.30 bits per heavy atom. The molecule has 4 rings (SSSR count). The van der Waals surface area contributed by atoms with E-state index < -0.39 is 5.54 Å². The van der Waals surface area contributed by atoms with Gasteiger partial charge in [-0.2, -0.15) is 0 Å². The quantitative estimate of drug-likeness (QED) is 0.600. The second-order valence-corrected chi connectivity index (χ2v) is 7.03. The lowest BCUT2D eigenvalue weighted by Gasteiger charge is -2.35. The van der Waals surface area contributed by atoms with Crippen molar-refractivity contribution in [2.75, 3.05) is 24.4 Å². The number of ether oxygens (including phenoxy) is 1. The van der Waals surface area contributed by atoms with Gasteiger partial charge in [-0.3, -0.25) is 9.59 Å². The minimum Gasteiger partial charge on any atom is -0.382 e. The van der Waals surface area contributed by atoms with Crippen LogP contribution >= 0.6 is 11.6 Å². The first kappa shape index (κ1) is 17.5. The standard InChI is InChI=1S/C19H17ClN4O3/c1-19(9-27-2)18(26)23-13-8-22-17-14(15(13)24-19)11(7-21-17)16(25)10-5-3-4-6-12(10)20/h3-8,24H,9H2,1-2H3,(H,21,22)(H,23,26)/t19-/m1/s1. The number of ketones is 1. The molecule has 3 aromatic rings. The summed E-state index contributed by atoms with van der Waals surface area (Å²) in [4.78, 5) is 32.9. The summed E-state index contributed by atoms with van der Waals surface area (Å²) in [5.74, 6) is -0.457. The molecule has 0 unspecified atom stereocenters. The van der Waals surface area contributed by atoms with Gasteiger partial charge in [0.1, 0.15) is 11.2 Å². The van der Waals surface area contributed by atoms with E-state index in [1.54, 1.807) is 43.6 Å². The molecule has 1 amide bonds. The van der Waals surface area contributed by atoms with Crippen molar-refractivity contribution in [2.45, 2.75) is 12.5 Å². The molecule has 0 radical (unpaired) electrons. The lowest BCUT2D eigenvalue weighted by molar-refractivity contribution is -0.121. The zero-order valence-corrected chi connectivity index (χ0v) is 15.5. The first-order valence-corrected chi connectivity index (χ1v) is 8.70. The van der Waals surface area contributed by atoms with Crippen LogP contribution in [0.15, 0.2) is 36.7 Å². The highest BCUT2D eigenvalue weighted by molar-refractivity contribution is 6.35. The molecule has 7 nitrogen and oxygen atoms in total. The van der Waals surface area contributed by atoms with Crippen LogP contribution in [0.2, 0.25) is 5.02 Å². The van der Waals surface area contributed by atoms with Crippen molar-refractivity contribution < 1.29 is 14.3 Å². The minimum absolute atomic E-state index is 0.167. The van der Waals surface area contributed by atoms with Gasteiger partial charge in [-0.1, -0.05) is 23.7 Å². The van der Waals surface area contributed by atoms with Gasteiger partial charge in [0.05, 0.1) is 40.2 Å². The van der Waals surface area contributed by atoms with Gasteiger partial charge in [0.15, 0.2) is 5.78 Å². The number of H-pyrrole nitrogens is 1. The largest absolute Gasteiger partial charge is 0.382 e. The number of aromatic amines is 1. The van der Waals surface area contributed by atoms with Crippen LogP contribution < -0.4 is 10.6 Å². The van der Waals surface area contributed by atoms with Crippen molar-refractivity contribution in [2.24, 2.45) is 0 Å². The maximum atomic E-state index is 13.1. The molecule has 27 heavy (non-hydrogen) atoms. The van der Waals surface area contributed by atoms with Gasteiger partial charge in [0.2, 0.25) is 0 Å². The normalized spacial score (nSPS) is 18.7. The summed E-state index contributed by atoms with van der Waals surface area (Å²) >= 11 is 6.20. The fourth-order valence-electron chi connectivity index (χ4n) is 3.27. The highest BCUT2D eigenvalue weighted by atomic mass is 35.5. The Balaban J connectivity index is 1.89. The van der Waals surface area contributed by atoms with Crippen LogP contribution in [0.1, 0.15) is 22.8 Å². The number of halogens is 1. The van der Waals surface area contributed by atoms with E-state index in [9.17, 15) is 9.59 Å². The molecule has 3 N–H and O–H groups in total. The number of fused-ring (bicyclic) bond motifs is 3. The maximum Gasteiger partial charge on any atom is 0.252 e. The third-order valence-corrected chi connectivity index (χ3v) is 4.98. The molecule has 0 fully saturated rings. The number of nitrogens with zero attached hydrogens (tertiary/aromatic N) is 1. The molecule has 8 heteroatoms. The SMILES string of the molecule is COC[C@@]1(C)Nc2c(cnc3[nH]cc(C(=O)c4ccccc4Cl)c23)NC1=O. The Morgan fingerprint density at radius 3 is 2.81 bits per heavy atom. The Morgan fingerprint density at radius 2 is 2.07 bits per heavy atom. The molecule has 0 spiro atoms. The summed E-state index contributed by atoms with van der Waals surface area (Å²) in [6, 6.07) is 6.88. The van der Waals surface area contributed by atoms with Gasteiger partial charge >= 0.3 is 0 Å². The summed E-state index contributed by atoms with van der Waals surface area (Å²) in [5, 5.41) is 7.04. The molecule has 1 atom stereocenters. The predicted molar refractivity (Wildman–Crippen MR) is 104 cm³/mol. The molecule has 0 saturated heterocycles. The van der Waals surface area contributed by atoms with Crippen LogP contribution in [0.5, 0.6) is 0 Å². The fraction of sp³-hybridized carbons (Fsp3) is 0.211. The second kappa shape index (κ2) is 6.37. The zero-order valence-electron chi connectivity index (χ0n) is 14.7. The lowest BCUT2D eigenvalue weighted by atomic mass is 9.96. The molecular formula is C19H17ClN4O3. The van der Waals surface area contributed by atoms with Crippen LogP contribution in [0.3, 0.4) is 0 Å². The zero-order chi connectivity index (χ0) is 19.2. The number of carbonyl (C=O) groups is 2. The average molecular weight is 385 g/mol. The van der Waals surface area contributed by atoms with Crippen molar-refractivity contribution in [3.8, 4) is 0 Å². The van der Waals surface area contributed by atoms with E-state index in [1.165, 1.54) is 7.11 Å². The van der Waals surface area contributed by atoms with Gasteiger partial charge in [0.25, 0.3) is 5.91 Å².